The maximum Gasteiger partial charge on any atom is 0.189 e. The van der Waals surface area contributed by atoms with E-state index in [0.29, 0.717) is 12.8 Å². The van der Waals surface area contributed by atoms with Crippen LogP contribution < -0.4 is 0 Å². The molecule has 0 aromatic carbocycles. The van der Waals surface area contributed by atoms with Gasteiger partial charge in [-0.1, -0.05) is 107 Å². The topological polar surface area (TPSA) is 112 Å². The summed E-state index contributed by atoms with van der Waals surface area (Å²) >= 11 is 2.92. The summed E-state index contributed by atoms with van der Waals surface area (Å²) in [6.07, 6.45) is 9.54. The second kappa shape index (κ2) is 18.8. The molecule has 0 aromatic rings. The van der Waals surface area contributed by atoms with Gasteiger partial charge in [-0.2, -0.15) is 0 Å². The Morgan fingerprint density at radius 2 is 0.969 bits per heavy atom. The zero-order chi connectivity index (χ0) is 24.4. The maximum atomic E-state index is 12.5. The molecule has 188 valence electrons. The van der Waals surface area contributed by atoms with Gasteiger partial charge in [0, 0.05) is 12.8 Å². The average molecular weight is 522 g/mol. The summed E-state index contributed by atoms with van der Waals surface area (Å²) < 4.78 is 0. The van der Waals surface area contributed by atoms with Crippen molar-refractivity contribution in [3.8, 4) is 0 Å². The van der Waals surface area contributed by atoms with Crippen LogP contribution in [-0.4, -0.2) is 55.8 Å². The Morgan fingerprint density at radius 3 is 1.28 bits per heavy atom. The summed E-state index contributed by atoms with van der Waals surface area (Å²) in [4.78, 5) is 37.3. The molecule has 0 radical (unpaired) electrons. The van der Waals surface area contributed by atoms with Crippen molar-refractivity contribution in [1.82, 2.24) is 0 Å². The van der Waals surface area contributed by atoms with Gasteiger partial charge in [-0.15, -0.1) is 0 Å². The van der Waals surface area contributed by atoms with Gasteiger partial charge in [0.2, 0.25) is 0 Å². The molecule has 0 aliphatic rings. The molecule has 0 saturated heterocycles. The molecule has 3 N–H and O–H groups in total. The summed E-state index contributed by atoms with van der Waals surface area (Å²) in [6, 6.07) is 0. The minimum absolute atomic E-state index is 0.00844. The highest BCUT2D eigenvalue weighted by Gasteiger charge is 2.53. The van der Waals surface area contributed by atoms with E-state index in [2.05, 4.69) is 29.8 Å². The largest absolute Gasteiger partial charge is 0.382 e. The summed E-state index contributed by atoms with van der Waals surface area (Å²) in [5, 5.41) is 31.4. The number of hydrogen-bond acceptors (Lipinski definition) is 6. The molecule has 32 heavy (non-hydrogen) atoms. The molecule has 0 fully saturated rings. The molecule has 0 aromatic heterocycles. The fourth-order valence-corrected chi connectivity index (χ4v) is 4.29. The van der Waals surface area contributed by atoms with E-state index in [1.54, 1.807) is 0 Å². The molecule has 0 rings (SSSR count). The van der Waals surface area contributed by atoms with Crippen LogP contribution in [0.3, 0.4) is 0 Å². The van der Waals surface area contributed by atoms with Crippen molar-refractivity contribution in [3.05, 3.63) is 0 Å². The van der Waals surface area contributed by atoms with Gasteiger partial charge in [0.05, 0.1) is 5.33 Å². The number of aliphatic hydroxyl groups is 3. The molecule has 0 heterocycles. The van der Waals surface area contributed by atoms with Crippen molar-refractivity contribution in [2.24, 2.45) is 0 Å². The maximum absolute atomic E-state index is 12.5. The molecule has 0 aliphatic carbocycles. The van der Waals surface area contributed by atoms with E-state index >= 15 is 0 Å². The van der Waals surface area contributed by atoms with Gasteiger partial charge in [-0.3, -0.25) is 14.4 Å². The zero-order valence-electron chi connectivity index (χ0n) is 20.1. The number of carbonyl (C=O) groups excluding carboxylic acids is 3. The van der Waals surface area contributed by atoms with Gasteiger partial charge in [0.1, 0.15) is 0 Å². The fraction of sp³-hybridized carbons (Fsp3) is 0.880. The molecular formula is C25H45BrO6. The monoisotopic (exact) mass is 520 g/mol. The Hall–Kier alpha value is -0.630. The first-order valence-corrected chi connectivity index (χ1v) is 13.6. The summed E-state index contributed by atoms with van der Waals surface area (Å²) in [5.41, 5.74) is -2.82. The minimum Gasteiger partial charge on any atom is -0.382 e. The van der Waals surface area contributed by atoms with Crippen LogP contribution in [0.15, 0.2) is 0 Å². The molecule has 0 amide bonds. The first kappa shape index (κ1) is 31.4. The number of ketones is 3. The van der Waals surface area contributed by atoms with Crippen LogP contribution in [0, 0.1) is 0 Å². The summed E-state index contributed by atoms with van der Waals surface area (Å²) in [5.74, 6) is -2.42. The molecule has 2 unspecified atom stereocenters. The number of alkyl halides is 1. The van der Waals surface area contributed by atoms with Crippen molar-refractivity contribution in [2.75, 3.05) is 5.33 Å². The molecule has 0 saturated carbocycles. The van der Waals surface area contributed by atoms with Crippen molar-refractivity contribution in [2.45, 2.75) is 134 Å². The number of hydrogen-bond donors (Lipinski definition) is 3. The van der Waals surface area contributed by atoms with Gasteiger partial charge < -0.3 is 15.3 Å². The third-order valence-electron chi connectivity index (χ3n) is 6.07. The number of carbonyl (C=O) groups is 3. The fourth-order valence-electron chi connectivity index (χ4n) is 3.84. The lowest BCUT2D eigenvalue weighted by Gasteiger charge is -2.33. The second-order valence-electron chi connectivity index (χ2n) is 8.86. The molecular weight excluding hydrogens is 476 g/mol. The van der Waals surface area contributed by atoms with E-state index in [9.17, 15) is 29.7 Å². The standard InChI is InChI=1S/C25H45BrO6/c1-3-5-7-9-11-13-15-17-20(27)23(30)25(32,22(29)19-26)24(31)21(28)18-16-14-12-10-8-6-4-2/h23-24,30-32H,3-19H2,1-2H3. The van der Waals surface area contributed by atoms with Crippen molar-refractivity contribution >= 4 is 33.3 Å². The van der Waals surface area contributed by atoms with Crippen LogP contribution in [-0.2, 0) is 14.4 Å². The van der Waals surface area contributed by atoms with Crippen LogP contribution in [0.2, 0.25) is 0 Å². The predicted molar refractivity (Wildman–Crippen MR) is 131 cm³/mol. The van der Waals surface area contributed by atoms with E-state index < -0.39 is 35.2 Å². The van der Waals surface area contributed by atoms with Gasteiger partial charge in [0.25, 0.3) is 0 Å². The third-order valence-corrected chi connectivity index (χ3v) is 6.57. The van der Waals surface area contributed by atoms with E-state index in [1.165, 1.54) is 12.8 Å². The number of Topliss-reactive ketones (excluding diaryl/α,β-unsaturated/α-hetero) is 3. The van der Waals surface area contributed by atoms with E-state index in [0.717, 1.165) is 64.2 Å². The average Bonchev–Trinajstić information content (AvgIpc) is 2.80. The third kappa shape index (κ3) is 11.5. The number of aliphatic hydroxyl groups excluding tert-OH is 2. The van der Waals surface area contributed by atoms with E-state index in [-0.39, 0.29) is 18.2 Å². The van der Waals surface area contributed by atoms with Crippen LogP contribution in [0.1, 0.15) is 117 Å². The van der Waals surface area contributed by atoms with Gasteiger partial charge in [-0.05, 0) is 12.8 Å². The Bertz CT molecular complexity index is 501. The highest BCUT2D eigenvalue weighted by Crippen LogP contribution is 2.24. The lowest BCUT2D eigenvalue weighted by atomic mass is 9.80. The lowest BCUT2D eigenvalue weighted by molar-refractivity contribution is -0.179. The van der Waals surface area contributed by atoms with Crippen LogP contribution in [0.4, 0.5) is 0 Å². The van der Waals surface area contributed by atoms with Crippen LogP contribution in [0.5, 0.6) is 0 Å². The second-order valence-corrected chi connectivity index (χ2v) is 9.42. The Morgan fingerprint density at radius 1 is 0.656 bits per heavy atom. The molecule has 0 spiro atoms. The smallest absolute Gasteiger partial charge is 0.189 e. The first-order chi connectivity index (χ1) is 15.3. The quantitative estimate of drug-likeness (QED) is 0.139. The number of halogens is 1. The molecule has 7 heteroatoms. The Labute approximate surface area is 202 Å². The predicted octanol–water partition coefficient (Wildman–Crippen LogP) is 4.82. The molecule has 0 bridgehead atoms. The number of unbranched alkanes of at least 4 members (excludes halogenated alkanes) is 12. The first-order valence-electron chi connectivity index (χ1n) is 12.5. The Balaban J connectivity index is 4.72. The van der Waals surface area contributed by atoms with Crippen molar-refractivity contribution < 1.29 is 29.7 Å². The molecule has 0 aliphatic heterocycles. The Kier molecular flexibility index (Phi) is 18.4. The summed E-state index contributed by atoms with van der Waals surface area (Å²) in [6.45, 7) is 4.28. The van der Waals surface area contributed by atoms with Crippen LogP contribution in [0.25, 0.3) is 0 Å². The zero-order valence-corrected chi connectivity index (χ0v) is 21.7. The summed E-state index contributed by atoms with van der Waals surface area (Å²) in [7, 11) is 0. The van der Waals surface area contributed by atoms with Gasteiger partial charge >= 0.3 is 0 Å². The SMILES string of the molecule is CCCCCCCCCC(=O)C(O)C(O)(C(=O)CBr)C(O)C(=O)CCCCCCCCC. The molecule has 2 atom stereocenters. The van der Waals surface area contributed by atoms with Crippen molar-refractivity contribution in [3.63, 3.8) is 0 Å². The van der Waals surface area contributed by atoms with E-state index in [4.69, 9.17) is 0 Å². The van der Waals surface area contributed by atoms with Gasteiger partial charge in [-0.25, -0.2) is 0 Å². The number of rotatable bonds is 22. The van der Waals surface area contributed by atoms with Gasteiger partial charge in [0.15, 0.2) is 35.2 Å². The van der Waals surface area contributed by atoms with Crippen LogP contribution >= 0.6 is 15.9 Å². The lowest BCUT2D eigenvalue weighted by Crippen LogP contribution is -2.63. The van der Waals surface area contributed by atoms with Crippen molar-refractivity contribution in [1.29, 1.82) is 0 Å². The highest BCUT2D eigenvalue weighted by atomic mass is 79.9. The highest BCUT2D eigenvalue weighted by molar-refractivity contribution is 9.09. The van der Waals surface area contributed by atoms with E-state index in [1.807, 2.05) is 0 Å². The normalized spacial score (nSPS) is 15.2. The molecule has 6 nitrogen and oxygen atoms in total. The minimum atomic E-state index is -2.82.